The molecule has 3 N–H and O–H groups in total. The van der Waals surface area contributed by atoms with Crippen LogP contribution < -0.4 is 5.73 Å². The molecule has 1 fully saturated rings. The summed E-state index contributed by atoms with van der Waals surface area (Å²) >= 11 is 0. The number of hydrogen-bond acceptors (Lipinski definition) is 2. The van der Waals surface area contributed by atoms with Crippen LogP contribution in [-0.2, 0) is 0 Å². The van der Waals surface area contributed by atoms with Crippen molar-refractivity contribution in [2.24, 2.45) is 5.73 Å². The molecule has 1 saturated carbocycles. The summed E-state index contributed by atoms with van der Waals surface area (Å²) in [6.07, 6.45) is 1.25. The standard InChI is InChI=1S/C6H12FNO/c7-2-1-6(8)3-5(9)4-6/h5,9H,1-4,8H2. The Morgan fingerprint density at radius 1 is 1.67 bits per heavy atom. The van der Waals surface area contributed by atoms with E-state index in [0.29, 0.717) is 19.3 Å². The number of aliphatic hydroxyl groups is 1. The average Bonchev–Trinajstić information content (AvgIpc) is 1.62. The first-order chi connectivity index (χ1) is 4.16. The molecule has 1 rings (SSSR count). The Kier molecular flexibility index (Phi) is 1.73. The largest absolute Gasteiger partial charge is 0.393 e. The maximum absolute atomic E-state index is 11.7. The van der Waals surface area contributed by atoms with Crippen molar-refractivity contribution in [1.82, 2.24) is 0 Å². The van der Waals surface area contributed by atoms with Crippen molar-refractivity contribution < 1.29 is 9.50 Å². The molecule has 1 aliphatic rings. The van der Waals surface area contributed by atoms with Gasteiger partial charge in [0.15, 0.2) is 0 Å². The zero-order valence-corrected chi connectivity index (χ0v) is 5.31. The van der Waals surface area contributed by atoms with Crippen molar-refractivity contribution in [3.8, 4) is 0 Å². The number of aliphatic hydroxyl groups excluding tert-OH is 1. The maximum Gasteiger partial charge on any atom is 0.0912 e. The smallest absolute Gasteiger partial charge is 0.0912 e. The molecule has 2 nitrogen and oxygen atoms in total. The molecule has 0 unspecified atom stereocenters. The molecule has 3 heteroatoms. The van der Waals surface area contributed by atoms with E-state index in [1.54, 1.807) is 0 Å². The highest BCUT2D eigenvalue weighted by Crippen LogP contribution is 2.32. The minimum absolute atomic E-state index is 0.276. The third-order valence-electron chi connectivity index (χ3n) is 1.88. The topological polar surface area (TPSA) is 46.2 Å². The predicted molar refractivity (Wildman–Crippen MR) is 32.8 cm³/mol. The SMILES string of the molecule is NC1(CCF)CC(O)C1. The summed E-state index contributed by atoms with van der Waals surface area (Å²) in [5.41, 5.74) is 5.22. The van der Waals surface area contributed by atoms with E-state index in [4.69, 9.17) is 10.8 Å². The first kappa shape index (κ1) is 6.96. The van der Waals surface area contributed by atoms with Crippen molar-refractivity contribution in [2.75, 3.05) is 6.67 Å². The van der Waals surface area contributed by atoms with Gasteiger partial charge in [0, 0.05) is 5.54 Å². The zero-order valence-electron chi connectivity index (χ0n) is 5.31. The van der Waals surface area contributed by atoms with Gasteiger partial charge in [-0.15, -0.1) is 0 Å². The van der Waals surface area contributed by atoms with E-state index in [1.807, 2.05) is 0 Å². The molecule has 54 valence electrons. The summed E-state index contributed by atoms with van der Waals surface area (Å²) in [5, 5.41) is 8.81. The Labute approximate surface area is 53.9 Å². The lowest BCUT2D eigenvalue weighted by Gasteiger charge is -2.41. The highest BCUT2D eigenvalue weighted by molar-refractivity contribution is 4.98. The predicted octanol–water partition coefficient (Wildman–Crippen LogP) is 0.198. The summed E-state index contributed by atoms with van der Waals surface area (Å²) in [6, 6.07) is 0. The summed E-state index contributed by atoms with van der Waals surface area (Å²) in [5.74, 6) is 0. The van der Waals surface area contributed by atoms with Gasteiger partial charge >= 0.3 is 0 Å². The fraction of sp³-hybridized carbons (Fsp3) is 1.00. The lowest BCUT2D eigenvalue weighted by Crippen LogP contribution is -2.54. The van der Waals surface area contributed by atoms with Gasteiger partial charge in [-0.05, 0) is 19.3 Å². The van der Waals surface area contributed by atoms with Gasteiger partial charge in [0.1, 0.15) is 0 Å². The molecule has 0 amide bonds. The van der Waals surface area contributed by atoms with Gasteiger partial charge < -0.3 is 10.8 Å². The van der Waals surface area contributed by atoms with E-state index in [0.717, 1.165) is 0 Å². The molecule has 0 aromatic rings. The fourth-order valence-corrected chi connectivity index (χ4v) is 1.27. The molecule has 0 saturated heterocycles. The Hall–Kier alpha value is -0.150. The highest BCUT2D eigenvalue weighted by Gasteiger charge is 2.39. The number of halogens is 1. The molecular formula is C6H12FNO. The van der Waals surface area contributed by atoms with E-state index in [-0.39, 0.29) is 18.3 Å². The Morgan fingerprint density at radius 3 is 2.56 bits per heavy atom. The second kappa shape index (κ2) is 2.23. The minimum atomic E-state index is -0.381. The van der Waals surface area contributed by atoms with Crippen molar-refractivity contribution in [3.05, 3.63) is 0 Å². The Morgan fingerprint density at radius 2 is 2.22 bits per heavy atom. The normalized spacial score (nSPS) is 42.3. The first-order valence-corrected chi connectivity index (χ1v) is 3.19. The van der Waals surface area contributed by atoms with E-state index in [9.17, 15) is 4.39 Å². The van der Waals surface area contributed by atoms with E-state index < -0.39 is 0 Å². The number of nitrogens with two attached hydrogens (primary N) is 1. The monoisotopic (exact) mass is 133 g/mol. The van der Waals surface area contributed by atoms with Crippen LogP contribution in [0.1, 0.15) is 19.3 Å². The van der Waals surface area contributed by atoms with E-state index >= 15 is 0 Å². The molecule has 0 bridgehead atoms. The van der Waals surface area contributed by atoms with Crippen LogP contribution in [0.3, 0.4) is 0 Å². The minimum Gasteiger partial charge on any atom is -0.393 e. The molecule has 0 aliphatic heterocycles. The summed E-state index contributed by atoms with van der Waals surface area (Å²) in [7, 11) is 0. The second-order valence-corrected chi connectivity index (χ2v) is 2.86. The van der Waals surface area contributed by atoms with Gasteiger partial charge in [-0.25, -0.2) is 0 Å². The highest BCUT2D eigenvalue weighted by atomic mass is 19.1. The van der Waals surface area contributed by atoms with Crippen LogP contribution in [0.15, 0.2) is 0 Å². The third-order valence-corrected chi connectivity index (χ3v) is 1.88. The molecule has 0 spiro atoms. The summed E-state index contributed by atoms with van der Waals surface area (Å²) < 4.78 is 11.7. The van der Waals surface area contributed by atoms with Gasteiger partial charge in [-0.1, -0.05) is 0 Å². The molecule has 0 aromatic carbocycles. The third kappa shape index (κ3) is 1.40. The number of rotatable bonds is 2. The zero-order chi connectivity index (χ0) is 6.91. The molecule has 0 radical (unpaired) electrons. The van der Waals surface area contributed by atoms with Crippen molar-refractivity contribution >= 4 is 0 Å². The van der Waals surface area contributed by atoms with Gasteiger partial charge in [0.05, 0.1) is 12.8 Å². The lowest BCUT2D eigenvalue weighted by atomic mass is 9.73. The van der Waals surface area contributed by atoms with E-state index in [2.05, 4.69) is 0 Å². The summed E-state index contributed by atoms with van der Waals surface area (Å²) in [4.78, 5) is 0. The van der Waals surface area contributed by atoms with Crippen molar-refractivity contribution in [3.63, 3.8) is 0 Å². The van der Waals surface area contributed by atoms with Crippen LogP contribution >= 0.6 is 0 Å². The molecule has 1 aliphatic carbocycles. The average molecular weight is 133 g/mol. The number of hydrogen-bond donors (Lipinski definition) is 2. The van der Waals surface area contributed by atoms with Crippen LogP contribution in [0.4, 0.5) is 4.39 Å². The number of alkyl halides is 1. The quantitative estimate of drug-likeness (QED) is 0.565. The van der Waals surface area contributed by atoms with Crippen LogP contribution in [0, 0.1) is 0 Å². The summed E-state index contributed by atoms with van der Waals surface area (Å²) in [6.45, 7) is -0.372. The molecule has 0 aromatic heterocycles. The van der Waals surface area contributed by atoms with E-state index in [1.165, 1.54) is 0 Å². The molecule has 0 heterocycles. The first-order valence-electron chi connectivity index (χ1n) is 3.19. The van der Waals surface area contributed by atoms with Crippen LogP contribution in [-0.4, -0.2) is 23.4 Å². The van der Waals surface area contributed by atoms with Crippen molar-refractivity contribution in [1.29, 1.82) is 0 Å². The fourth-order valence-electron chi connectivity index (χ4n) is 1.27. The van der Waals surface area contributed by atoms with Crippen LogP contribution in [0.2, 0.25) is 0 Å². The second-order valence-electron chi connectivity index (χ2n) is 2.86. The van der Waals surface area contributed by atoms with Gasteiger partial charge in [0.2, 0.25) is 0 Å². The Bertz CT molecular complexity index is 95.7. The molecule has 0 atom stereocenters. The van der Waals surface area contributed by atoms with Gasteiger partial charge in [0.25, 0.3) is 0 Å². The van der Waals surface area contributed by atoms with Crippen molar-refractivity contribution in [2.45, 2.75) is 30.9 Å². The van der Waals surface area contributed by atoms with Crippen LogP contribution in [0.5, 0.6) is 0 Å². The molecule has 9 heavy (non-hydrogen) atoms. The Balaban J connectivity index is 2.23. The maximum atomic E-state index is 11.7. The molecular weight excluding hydrogens is 121 g/mol. The van der Waals surface area contributed by atoms with Gasteiger partial charge in [-0.3, -0.25) is 4.39 Å². The lowest BCUT2D eigenvalue weighted by molar-refractivity contribution is 0.0159. The van der Waals surface area contributed by atoms with Gasteiger partial charge in [-0.2, -0.15) is 0 Å². The van der Waals surface area contributed by atoms with Crippen LogP contribution in [0.25, 0.3) is 0 Å².